The number of nitrogens with two attached hydrogens (primary N) is 1. The lowest BCUT2D eigenvalue weighted by atomic mass is 10.2. The Morgan fingerprint density at radius 1 is 1.40 bits per heavy atom. The number of hydrogen-bond donors (Lipinski definition) is 1. The van der Waals surface area contributed by atoms with Gasteiger partial charge in [-0.05, 0) is 5.92 Å². The van der Waals surface area contributed by atoms with Gasteiger partial charge in [0, 0.05) is 19.4 Å². The predicted molar refractivity (Wildman–Crippen MR) is 75.1 cm³/mol. The molecule has 1 amide bonds. The Morgan fingerprint density at radius 3 is 2.65 bits per heavy atom. The van der Waals surface area contributed by atoms with Crippen LogP contribution in [0.25, 0.3) is 0 Å². The maximum absolute atomic E-state index is 11.2. The second kappa shape index (κ2) is 7.88. The quantitative estimate of drug-likeness (QED) is 0.558. The number of rotatable bonds is 8. The van der Waals surface area contributed by atoms with E-state index in [2.05, 4.69) is 28.8 Å². The molecule has 0 radical (unpaired) electrons. The monoisotopic (exact) mass is 300 g/mol. The number of hydrogen-bond acceptors (Lipinski definition) is 6. The first kappa shape index (κ1) is 16.5. The van der Waals surface area contributed by atoms with Crippen LogP contribution in [-0.4, -0.2) is 39.5 Å². The van der Waals surface area contributed by atoms with E-state index in [0.29, 0.717) is 23.3 Å². The smallest absolute Gasteiger partial charge is 0.316 e. The number of thioether (sulfide) groups is 1. The maximum Gasteiger partial charge on any atom is 0.316 e. The Hall–Kier alpha value is -1.57. The van der Waals surface area contributed by atoms with E-state index in [0.717, 1.165) is 6.54 Å². The van der Waals surface area contributed by atoms with Crippen molar-refractivity contribution < 1.29 is 14.3 Å². The minimum absolute atomic E-state index is 0.183. The number of aromatic nitrogens is 3. The van der Waals surface area contributed by atoms with Crippen LogP contribution in [0.15, 0.2) is 5.16 Å². The Kier molecular flexibility index (Phi) is 6.50. The SMILES string of the molecule is COC(=O)CSc1nnc(CCC(N)=O)n1CC(C)C. The summed E-state index contributed by atoms with van der Waals surface area (Å²) in [6, 6.07) is 0. The molecule has 20 heavy (non-hydrogen) atoms. The molecule has 0 aromatic carbocycles. The highest BCUT2D eigenvalue weighted by atomic mass is 32.2. The van der Waals surface area contributed by atoms with Gasteiger partial charge in [0.25, 0.3) is 0 Å². The topological polar surface area (TPSA) is 100 Å². The van der Waals surface area contributed by atoms with Crippen LogP contribution < -0.4 is 5.73 Å². The summed E-state index contributed by atoms with van der Waals surface area (Å²) in [4.78, 5) is 22.0. The average molecular weight is 300 g/mol. The van der Waals surface area contributed by atoms with Gasteiger partial charge in [0.05, 0.1) is 12.9 Å². The first-order valence-corrected chi connectivity index (χ1v) is 7.32. The summed E-state index contributed by atoms with van der Waals surface area (Å²) in [5, 5.41) is 8.80. The summed E-state index contributed by atoms with van der Waals surface area (Å²) >= 11 is 1.28. The molecule has 0 spiro atoms. The summed E-state index contributed by atoms with van der Waals surface area (Å²) in [6.07, 6.45) is 0.686. The van der Waals surface area contributed by atoms with E-state index < -0.39 is 0 Å². The zero-order valence-electron chi connectivity index (χ0n) is 12.0. The number of methoxy groups -OCH3 is 1. The fourth-order valence-corrected chi connectivity index (χ4v) is 2.38. The van der Waals surface area contributed by atoms with Crippen LogP contribution in [-0.2, 0) is 27.3 Å². The van der Waals surface area contributed by atoms with Gasteiger partial charge in [-0.25, -0.2) is 0 Å². The van der Waals surface area contributed by atoms with Gasteiger partial charge >= 0.3 is 5.97 Å². The molecule has 0 saturated carbocycles. The van der Waals surface area contributed by atoms with Crippen molar-refractivity contribution in [1.82, 2.24) is 14.8 Å². The third-order valence-electron chi connectivity index (χ3n) is 2.48. The summed E-state index contributed by atoms with van der Waals surface area (Å²) in [7, 11) is 1.35. The highest BCUT2D eigenvalue weighted by molar-refractivity contribution is 7.99. The Bertz CT molecular complexity index is 473. The van der Waals surface area contributed by atoms with E-state index >= 15 is 0 Å². The van der Waals surface area contributed by atoms with Crippen molar-refractivity contribution in [2.45, 2.75) is 38.4 Å². The standard InChI is InChI=1S/C12H20N4O3S/c1-8(2)6-16-10(5-4-9(13)17)14-15-12(16)20-7-11(18)19-3/h8H,4-7H2,1-3H3,(H2,13,17). The molecule has 0 fully saturated rings. The van der Waals surface area contributed by atoms with Gasteiger partial charge in [-0.1, -0.05) is 25.6 Å². The van der Waals surface area contributed by atoms with Crippen LogP contribution >= 0.6 is 11.8 Å². The summed E-state index contributed by atoms with van der Waals surface area (Å²) in [5.41, 5.74) is 5.15. The first-order chi connectivity index (χ1) is 9.43. The van der Waals surface area contributed by atoms with E-state index in [1.807, 2.05) is 4.57 Å². The Balaban J connectivity index is 2.81. The summed E-state index contributed by atoms with van der Waals surface area (Å²) in [6.45, 7) is 4.88. The molecule has 0 saturated heterocycles. The molecule has 0 atom stereocenters. The van der Waals surface area contributed by atoms with Crippen molar-refractivity contribution in [3.05, 3.63) is 5.82 Å². The van der Waals surface area contributed by atoms with Gasteiger partial charge in [0.15, 0.2) is 5.16 Å². The zero-order valence-corrected chi connectivity index (χ0v) is 12.8. The molecule has 0 bridgehead atoms. The molecule has 1 heterocycles. The average Bonchev–Trinajstić information content (AvgIpc) is 2.75. The van der Waals surface area contributed by atoms with Crippen LogP contribution in [0.2, 0.25) is 0 Å². The van der Waals surface area contributed by atoms with E-state index in [-0.39, 0.29) is 24.1 Å². The second-order valence-electron chi connectivity index (χ2n) is 4.73. The Labute approximate surface area is 122 Å². The molecule has 2 N–H and O–H groups in total. The van der Waals surface area contributed by atoms with E-state index in [1.165, 1.54) is 18.9 Å². The van der Waals surface area contributed by atoms with Gasteiger partial charge < -0.3 is 15.0 Å². The number of aryl methyl sites for hydroxylation is 1. The third-order valence-corrected chi connectivity index (χ3v) is 3.42. The lowest BCUT2D eigenvalue weighted by molar-refractivity contribution is -0.137. The Morgan fingerprint density at radius 2 is 2.10 bits per heavy atom. The normalized spacial score (nSPS) is 10.8. The fraction of sp³-hybridized carbons (Fsp3) is 0.667. The van der Waals surface area contributed by atoms with E-state index in [4.69, 9.17) is 5.73 Å². The molecule has 0 aliphatic carbocycles. The van der Waals surface area contributed by atoms with Crippen LogP contribution in [0.5, 0.6) is 0 Å². The molecule has 0 aliphatic rings. The van der Waals surface area contributed by atoms with Gasteiger partial charge in [-0.15, -0.1) is 10.2 Å². The number of carbonyl (C=O) groups excluding carboxylic acids is 2. The molecule has 7 nitrogen and oxygen atoms in total. The van der Waals surface area contributed by atoms with E-state index in [1.54, 1.807) is 0 Å². The summed E-state index contributed by atoms with van der Waals surface area (Å²) in [5.74, 6) is 0.615. The minimum Gasteiger partial charge on any atom is -0.468 e. The lowest BCUT2D eigenvalue weighted by Crippen LogP contribution is -2.15. The molecular weight excluding hydrogens is 280 g/mol. The number of nitrogens with zero attached hydrogens (tertiary/aromatic N) is 3. The number of ether oxygens (including phenoxy) is 1. The van der Waals surface area contributed by atoms with Crippen molar-refractivity contribution in [2.75, 3.05) is 12.9 Å². The summed E-state index contributed by atoms with van der Waals surface area (Å²) < 4.78 is 6.53. The fourth-order valence-electron chi connectivity index (χ4n) is 1.58. The van der Waals surface area contributed by atoms with Crippen molar-refractivity contribution in [3.8, 4) is 0 Å². The van der Waals surface area contributed by atoms with Crippen molar-refractivity contribution >= 4 is 23.6 Å². The predicted octanol–water partition coefficient (Wildman–Crippen LogP) is 0.617. The number of carbonyl (C=O) groups is 2. The van der Waals surface area contributed by atoms with Gasteiger partial charge in [-0.3, -0.25) is 9.59 Å². The molecule has 1 aromatic rings. The van der Waals surface area contributed by atoms with Gasteiger partial charge in [0.1, 0.15) is 5.82 Å². The van der Waals surface area contributed by atoms with Crippen LogP contribution in [0, 0.1) is 5.92 Å². The molecule has 1 rings (SSSR count). The van der Waals surface area contributed by atoms with Gasteiger partial charge in [0.2, 0.25) is 5.91 Å². The molecule has 1 aromatic heterocycles. The minimum atomic E-state index is -0.368. The molecule has 112 valence electrons. The maximum atomic E-state index is 11.2. The molecule has 8 heteroatoms. The molecular formula is C12H20N4O3S. The van der Waals surface area contributed by atoms with E-state index in [9.17, 15) is 9.59 Å². The number of esters is 1. The second-order valence-corrected chi connectivity index (χ2v) is 5.68. The van der Waals surface area contributed by atoms with Crippen molar-refractivity contribution in [1.29, 1.82) is 0 Å². The zero-order chi connectivity index (χ0) is 15.1. The largest absolute Gasteiger partial charge is 0.468 e. The highest BCUT2D eigenvalue weighted by Gasteiger charge is 2.15. The van der Waals surface area contributed by atoms with Crippen molar-refractivity contribution in [3.63, 3.8) is 0 Å². The highest BCUT2D eigenvalue weighted by Crippen LogP contribution is 2.19. The van der Waals surface area contributed by atoms with Gasteiger partial charge in [-0.2, -0.15) is 0 Å². The molecule has 0 aliphatic heterocycles. The number of amides is 1. The van der Waals surface area contributed by atoms with Crippen molar-refractivity contribution in [2.24, 2.45) is 11.7 Å². The van der Waals surface area contributed by atoms with Crippen LogP contribution in [0.3, 0.4) is 0 Å². The van der Waals surface area contributed by atoms with Crippen LogP contribution in [0.4, 0.5) is 0 Å². The lowest BCUT2D eigenvalue weighted by Gasteiger charge is -2.11. The third kappa shape index (κ3) is 5.20. The first-order valence-electron chi connectivity index (χ1n) is 6.34. The molecule has 0 unspecified atom stereocenters. The number of primary amides is 1. The van der Waals surface area contributed by atoms with Crippen LogP contribution in [0.1, 0.15) is 26.1 Å².